The fourth-order valence-electron chi connectivity index (χ4n) is 2.96. The summed E-state index contributed by atoms with van der Waals surface area (Å²) in [5, 5.41) is 6.34. The zero-order chi connectivity index (χ0) is 13.2. The SMILES string of the molecule is CC1C(=O)N(C2CCCCC2)N=C1Cc1ncc[nH]1. The molecule has 1 fully saturated rings. The molecule has 1 aromatic heterocycles. The van der Waals surface area contributed by atoms with Crippen LogP contribution in [-0.2, 0) is 11.2 Å². The maximum atomic E-state index is 12.3. The topological polar surface area (TPSA) is 61.4 Å². The van der Waals surface area contributed by atoms with E-state index in [-0.39, 0.29) is 11.8 Å². The van der Waals surface area contributed by atoms with Crippen molar-refractivity contribution >= 4 is 11.6 Å². The van der Waals surface area contributed by atoms with Crippen molar-refractivity contribution in [3.8, 4) is 0 Å². The Hall–Kier alpha value is -1.65. The number of hydrazone groups is 1. The van der Waals surface area contributed by atoms with E-state index in [9.17, 15) is 4.79 Å². The van der Waals surface area contributed by atoms with Crippen LogP contribution in [0.4, 0.5) is 0 Å². The minimum atomic E-state index is -0.105. The highest BCUT2D eigenvalue weighted by Gasteiger charge is 2.36. The van der Waals surface area contributed by atoms with Crippen LogP contribution in [0.15, 0.2) is 17.5 Å². The number of hydrogen-bond donors (Lipinski definition) is 1. The molecule has 0 spiro atoms. The Morgan fingerprint density at radius 1 is 1.37 bits per heavy atom. The van der Waals surface area contributed by atoms with Crippen molar-refractivity contribution in [2.45, 2.75) is 51.5 Å². The highest BCUT2D eigenvalue weighted by Crippen LogP contribution is 2.28. The van der Waals surface area contributed by atoms with Gasteiger partial charge in [0, 0.05) is 18.8 Å². The zero-order valence-electron chi connectivity index (χ0n) is 11.3. The van der Waals surface area contributed by atoms with Crippen molar-refractivity contribution < 1.29 is 4.79 Å². The number of carbonyl (C=O) groups is 1. The van der Waals surface area contributed by atoms with Crippen LogP contribution in [0.3, 0.4) is 0 Å². The molecule has 0 saturated heterocycles. The van der Waals surface area contributed by atoms with Crippen molar-refractivity contribution in [2.24, 2.45) is 11.0 Å². The molecule has 1 aromatic rings. The standard InChI is InChI=1S/C14H20N4O/c1-10-12(9-13-15-7-8-16-13)17-18(14(10)19)11-5-3-2-4-6-11/h7-8,10-11H,2-6,9H2,1H3,(H,15,16). The monoisotopic (exact) mass is 260 g/mol. The second kappa shape index (κ2) is 5.15. The van der Waals surface area contributed by atoms with E-state index in [1.165, 1.54) is 19.3 Å². The highest BCUT2D eigenvalue weighted by molar-refractivity contribution is 6.08. The van der Waals surface area contributed by atoms with Crippen LogP contribution >= 0.6 is 0 Å². The quantitative estimate of drug-likeness (QED) is 0.904. The van der Waals surface area contributed by atoms with E-state index in [0.29, 0.717) is 12.5 Å². The molecule has 1 amide bonds. The van der Waals surface area contributed by atoms with Crippen LogP contribution in [0.1, 0.15) is 44.9 Å². The first-order valence-electron chi connectivity index (χ1n) is 7.14. The predicted octanol–water partition coefficient (Wildman–Crippen LogP) is 2.12. The van der Waals surface area contributed by atoms with Gasteiger partial charge in [-0.25, -0.2) is 9.99 Å². The molecule has 1 saturated carbocycles. The van der Waals surface area contributed by atoms with Gasteiger partial charge in [-0.15, -0.1) is 0 Å². The molecule has 0 bridgehead atoms. The van der Waals surface area contributed by atoms with Gasteiger partial charge in [-0.1, -0.05) is 19.3 Å². The average molecular weight is 260 g/mol. The molecule has 1 aliphatic carbocycles. The number of imidazole rings is 1. The third-order valence-corrected chi connectivity index (χ3v) is 4.16. The van der Waals surface area contributed by atoms with Crippen molar-refractivity contribution in [3.63, 3.8) is 0 Å². The molecule has 3 rings (SSSR count). The van der Waals surface area contributed by atoms with E-state index in [1.807, 2.05) is 6.92 Å². The molecule has 0 aromatic carbocycles. The molecule has 5 nitrogen and oxygen atoms in total. The molecule has 1 atom stereocenters. The van der Waals surface area contributed by atoms with Gasteiger partial charge < -0.3 is 4.98 Å². The Kier molecular flexibility index (Phi) is 3.36. The molecule has 102 valence electrons. The molecular weight excluding hydrogens is 240 g/mol. The normalized spacial score (nSPS) is 24.9. The summed E-state index contributed by atoms with van der Waals surface area (Å²) in [5.74, 6) is 0.935. The summed E-state index contributed by atoms with van der Waals surface area (Å²) < 4.78 is 0. The van der Waals surface area contributed by atoms with E-state index in [1.54, 1.807) is 17.4 Å². The van der Waals surface area contributed by atoms with E-state index < -0.39 is 0 Å². The second-order valence-corrected chi connectivity index (χ2v) is 5.50. The van der Waals surface area contributed by atoms with Gasteiger partial charge in [-0.3, -0.25) is 4.79 Å². The number of carbonyl (C=O) groups excluding carboxylic acids is 1. The summed E-state index contributed by atoms with van der Waals surface area (Å²) in [4.78, 5) is 19.6. The Labute approximate surface area is 113 Å². The molecule has 1 N–H and O–H groups in total. The van der Waals surface area contributed by atoms with Gasteiger partial charge >= 0.3 is 0 Å². The van der Waals surface area contributed by atoms with Gasteiger partial charge in [-0.05, 0) is 19.8 Å². The van der Waals surface area contributed by atoms with Crippen LogP contribution in [0.25, 0.3) is 0 Å². The number of aromatic nitrogens is 2. The lowest BCUT2D eigenvalue weighted by Gasteiger charge is -2.28. The van der Waals surface area contributed by atoms with Crippen molar-refractivity contribution in [3.05, 3.63) is 18.2 Å². The summed E-state index contributed by atoms with van der Waals surface area (Å²) in [6, 6.07) is 0.317. The number of nitrogens with zero attached hydrogens (tertiary/aromatic N) is 3. The molecule has 2 aliphatic rings. The fourth-order valence-corrected chi connectivity index (χ4v) is 2.96. The Morgan fingerprint density at radius 2 is 2.16 bits per heavy atom. The van der Waals surface area contributed by atoms with Gasteiger partial charge in [0.25, 0.3) is 5.91 Å². The van der Waals surface area contributed by atoms with E-state index >= 15 is 0 Å². The first-order chi connectivity index (χ1) is 9.25. The number of nitrogens with one attached hydrogen (secondary N) is 1. The number of amides is 1. The van der Waals surface area contributed by atoms with Gasteiger partial charge in [-0.2, -0.15) is 5.10 Å². The summed E-state index contributed by atoms with van der Waals surface area (Å²) in [6.07, 6.45) is 10.1. The average Bonchev–Trinajstić information content (AvgIpc) is 3.04. The van der Waals surface area contributed by atoms with Crippen molar-refractivity contribution in [1.82, 2.24) is 15.0 Å². The lowest BCUT2D eigenvalue weighted by atomic mass is 9.94. The highest BCUT2D eigenvalue weighted by atomic mass is 16.2. The number of H-pyrrole nitrogens is 1. The van der Waals surface area contributed by atoms with E-state index in [2.05, 4.69) is 15.1 Å². The minimum absolute atomic E-state index is 0.105. The Balaban J connectivity index is 1.74. The fraction of sp³-hybridized carbons (Fsp3) is 0.643. The summed E-state index contributed by atoms with van der Waals surface area (Å²) >= 11 is 0. The predicted molar refractivity (Wildman–Crippen MR) is 72.6 cm³/mol. The molecule has 0 radical (unpaired) electrons. The number of rotatable bonds is 3. The smallest absolute Gasteiger partial charge is 0.251 e. The van der Waals surface area contributed by atoms with Gasteiger partial charge in [0.05, 0.1) is 17.7 Å². The lowest BCUT2D eigenvalue weighted by Crippen LogP contribution is -2.36. The zero-order valence-corrected chi connectivity index (χ0v) is 11.3. The van der Waals surface area contributed by atoms with Crippen LogP contribution in [0.5, 0.6) is 0 Å². The van der Waals surface area contributed by atoms with Gasteiger partial charge in [0.1, 0.15) is 5.82 Å². The van der Waals surface area contributed by atoms with Crippen molar-refractivity contribution in [1.29, 1.82) is 0 Å². The number of aromatic amines is 1. The summed E-state index contributed by atoms with van der Waals surface area (Å²) in [7, 11) is 0. The first-order valence-corrected chi connectivity index (χ1v) is 7.14. The molecule has 2 heterocycles. The van der Waals surface area contributed by atoms with Crippen LogP contribution in [0.2, 0.25) is 0 Å². The van der Waals surface area contributed by atoms with Crippen LogP contribution < -0.4 is 0 Å². The molecule has 19 heavy (non-hydrogen) atoms. The minimum Gasteiger partial charge on any atom is -0.348 e. The molecule has 1 unspecified atom stereocenters. The summed E-state index contributed by atoms with van der Waals surface area (Å²) in [6.45, 7) is 1.95. The second-order valence-electron chi connectivity index (χ2n) is 5.50. The lowest BCUT2D eigenvalue weighted by molar-refractivity contribution is -0.134. The first kappa shape index (κ1) is 12.4. The van der Waals surface area contributed by atoms with Crippen molar-refractivity contribution in [2.75, 3.05) is 0 Å². The molecular formula is C14H20N4O. The third-order valence-electron chi connectivity index (χ3n) is 4.16. The summed E-state index contributed by atoms with van der Waals surface area (Å²) in [5.41, 5.74) is 0.936. The van der Waals surface area contributed by atoms with Gasteiger partial charge in [0.2, 0.25) is 0 Å². The van der Waals surface area contributed by atoms with Crippen LogP contribution in [-0.4, -0.2) is 32.6 Å². The maximum Gasteiger partial charge on any atom is 0.251 e. The van der Waals surface area contributed by atoms with Crippen LogP contribution in [0, 0.1) is 5.92 Å². The van der Waals surface area contributed by atoms with E-state index in [4.69, 9.17) is 0 Å². The Morgan fingerprint density at radius 3 is 2.84 bits per heavy atom. The number of hydrogen-bond acceptors (Lipinski definition) is 3. The van der Waals surface area contributed by atoms with Gasteiger partial charge in [0.15, 0.2) is 0 Å². The Bertz CT molecular complexity index is 474. The third kappa shape index (κ3) is 2.41. The largest absolute Gasteiger partial charge is 0.348 e. The van der Waals surface area contributed by atoms with E-state index in [0.717, 1.165) is 24.4 Å². The molecule has 1 aliphatic heterocycles. The molecule has 5 heteroatoms. The maximum absolute atomic E-state index is 12.3.